The molecule has 3 heteroatoms. The van der Waals surface area contributed by atoms with E-state index in [1.807, 2.05) is 12.1 Å². The van der Waals surface area contributed by atoms with E-state index in [0.717, 1.165) is 31.2 Å². The average molecular weight is 263 g/mol. The summed E-state index contributed by atoms with van der Waals surface area (Å²) in [6, 6.07) is 3.81. The number of aliphatic hydroxyl groups excluding tert-OH is 1. The molecular formula is C16H25NO2. The summed E-state index contributed by atoms with van der Waals surface area (Å²) < 4.78 is 0. The first-order valence-electron chi connectivity index (χ1n) is 7.38. The number of hydrogen-bond donors (Lipinski definition) is 2. The highest BCUT2D eigenvalue weighted by Crippen LogP contribution is 2.42. The van der Waals surface area contributed by atoms with Crippen LogP contribution in [0.4, 0.5) is 0 Å². The molecule has 0 amide bonds. The van der Waals surface area contributed by atoms with Crippen LogP contribution in [0.3, 0.4) is 0 Å². The van der Waals surface area contributed by atoms with Crippen LogP contribution in [-0.2, 0) is 6.42 Å². The quantitative estimate of drug-likeness (QED) is 0.878. The minimum Gasteiger partial charge on any atom is -0.390 e. The predicted molar refractivity (Wildman–Crippen MR) is 75.7 cm³/mol. The van der Waals surface area contributed by atoms with Crippen molar-refractivity contribution in [1.82, 2.24) is 4.98 Å². The summed E-state index contributed by atoms with van der Waals surface area (Å²) in [7, 11) is 0. The summed E-state index contributed by atoms with van der Waals surface area (Å²) in [5.74, 6) is 0.358. The molecule has 0 saturated heterocycles. The molecule has 0 aromatic carbocycles. The van der Waals surface area contributed by atoms with Gasteiger partial charge < -0.3 is 10.2 Å². The van der Waals surface area contributed by atoms with Crippen molar-refractivity contribution in [3.05, 3.63) is 30.1 Å². The van der Waals surface area contributed by atoms with Gasteiger partial charge in [0.25, 0.3) is 0 Å². The zero-order valence-electron chi connectivity index (χ0n) is 11.9. The van der Waals surface area contributed by atoms with Crippen LogP contribution in [-0.4, -0.2) is 26.9 Å². The highest BCUT2D eigenvalue weighted by Gasteiger charge is 2.48. The Morgan fingerprint density at radius 2 is 2.05 bits per heavy atom. The summed E-state index contributed by atoms with van der Waals surface area (Å²) in [5.41, 5.74) is 0.0829. The fourth-order valence-electron chi connectivity index (χ4n) is 3.57. The summed E-state index contributed by atoms with van der Waals surface area (Å²) in [4.78, 5) is 3.98. The third-order valence-electron chi connectivity index (χ3n) is 4.84. The highest BCUT2D eigenvalue weighted by molar-refractivity contribution is 5.13. The molecule has 2 N–H and O–H groups in total. The fourth-order valence-corrected chi connectivity index (χ4v) is 3.57. The van der Waals surface area contributed by atoms with Crippen LogP contribution < -0.4 is 0 Å². The molecule has 0 bridgehead atoms. The van der Waals surface area contributed by atoms with E-state index < -0.39 is 11.7 Å². The zero-order chi connectivity index (χ0) is 13.9. The first kappa shape index (κ1) is 14.5. The third-order valence-corrected chi connectivity index (χ3v) is 4.84. The normalized spacial score (nSPS) is 33.1. The molecule has 0 spiro atoms. The molecule has 1 aliphatic rings. The first-order valence-corrected chi connectivity index (χ1v) is 7.38. The van der Waals surface area contributed by atoms with E-state index in [4.69, 9.17) is 0 Å². The molecule has 2 rings (SSSR count). The van der Waals surface area contributed by atoms with Gasteiger partial charge in [-0.05, 0) is 42.4 Å². The van der Waals surface area contributed by atoms with Crippen LogP contribution in [0.2, 0.25) is 0 Å². The van der Waals surface area contributed by atoms with Crippen molar-refractivity contribution < 1.29 is 10.2 Å². The smallest absolute Gasteiger partial charge is 0.0961 e. The summed E-state index contributed by atoms with van der Waals surface area (Å²) in [5, 5.41) is 21.7. The second kappa shape index (κ2) is 6.02. The highest BCUT2D eigenvalue weighted by atomic mass is 16.3. The minimum atomic E-state index is -0.948. The van der Waals surface area contributed by atoms with Crippen LogP contribution in [0.1, 0.15) is 45.1 Å². The Morgan fingerprint density at radius 3 is 2.68 bits per heavy atom. The Hall–Kier alpha value is -0.930. The van der Waals surface area contributed by atoms with Gasteiger partial charge in [-0.25, -0.2) is 0 Å². The molecule has 1 saturated carbocycles. The Labute approximate surface area is 115 Å². The first-order chi connectivity index (χ1) is 9.09. The lowest BCUT2D eigenvalue weighted by molar-refractivity contribution is -0.163. The van der Waals surface area contributed by atoms with Gasteiger partial charge in [0, 0.05) is 18.8 Å². The molecule has 106 valence electrons. The zero-order valence-corrected chi connectivity index (χ0v) is 11.9. The van der Waals surface area contributed by atoms with Crippen molar-refractivity contribution in [3.63, 3.8) is 0 Å². The Balaban J connectivity index is 2.16. The van der Waals surface area contributed by atoms with Gasteiger partial charge in [0.1, 0.15) is 0 Å². The maximum Gasteiger partial charge on any atom is 0.0961 e. The lowest BCUT2D eigenvalue weighted by Gasteiger charge is -2.47. The number of aromatic nitrogens is 1. The van der Waals surface area contributed by atoms with Gasteiger partial charge >= 0.3 is 0 Å². The summed E-state index contributed by atoms with van der Waals surface area (Å²) >= 11 is 0. The molecular weight excluding hydrogens is 238 g/mol. The number of aliphatic hydroxyl groups is 2. The van der Waals surface area contributed by atoms with Gasteiger partial charge in [0.2, 0.25) is 0 Å². The lowest BCUT2D eigenvalue weighted by Crippen LogP contribution is -2.56. The van der Waals surface area contributed by atoms with E-state index in [2.05, 4.69) is 18.8 Å². The van der Waals surface area contributed by atoms with E-state index in [1.54, 1.807) is 12.4 Å². The molecule has 19 heavy (non-hydrogen) atoms. The van der Waals surface area contributed by atoms with Crippen LogP contribution in [0.15, 0.2) is 24.5 Å². The summed E-state index contributed by atoms with van der Waals surface area (Å²) in [6.45, 7) is 4.17. The maximum absolute atomic E-state index is 11.1. The topological polar surface area (TPSA) is 53.4 Å². The predicted octanol–water partition coefficient (Wildman–Crippen LogP) is 2.56. The Morgan fingerprint density at radius 1 is 1.37 bits per heavy atom. The third kappa shape index (κ3) is 2.82. The minimum absolute atomic E-state index is 0.156. The van der Waals surface area contributed by atoms with Crippen molar-refractivity contribution in [3.8, 4) is 0 Å². The molecule has 1 aromatic heterocycles. The van der Waals surface area contributed by atoms with Crippen molar-refractivity contribution in [2.75, 3.05) is 0 Å². The van der Waals surface area contributed by atoms with Crippen LogP contribution in [0.25, 0.3) is 0 Å². The van der Waals surface area contributed by atoms with E-state index >= 15 is 0 Å². The molecule has 1 aromatic rings. The second-order valence-corrected chi connectivity index (χ2v) is 5.90. The molecule has 3 nitrogen and oxygen atoms in total. The lowest BCUT2D eigenvalue weighted by atomic mass is 9.64. The van der Waals surface area contributed by atoms with Gasteiger partial charge in [0.15, 0.2) is 0 Å². The molecule has 4 atom stereocenters. The molecule has 1 aliphatic carbocycles. The van der Waals surface area contributed by atoms with Crippen molar-refractivity contribution in [2.24, 2.45) is 11.8 Å². The van der Waals surface area contributed by atoms with Gasteiger partial charge in [-0.3, -0.25) is 4.98 Å². The van der Waals surface area contributed by atoms with Gasteiger partial charge in [-0.15, -0.1) is 0 Å². The standard InChI is InChI=1S/C16H25NO2/c1-3-14-6-4-5-12(2)16(14,19)15(18)11-13-7-9-17-10-8-13/h7-10,12,14-15,18-19H,3-6,11H2,1-2H3/t12-,14+,15?,16-/m0/s1. The van der Waals surface area contributed by atoms with Gasteiger partial charge in [-0.1, -0.05) is 26.7 Å². The SMILES string of the molecule is CC[C@@H]1CCC[C@H](C)[C@@]1(O)C(O)Cc1ccncc1. The number of hydrogen-bond acceptors (Lipinski definition) is 3. The van der Waals surface area contributed by atoms with Crippen molar-refractivity contribution in [2.45, 2.75) is 57.7 Å². The average Bonchev–Trinajstić information content (AvgIpc) is 2.43. The van der Waals surface area contributed by atoms with Crippen LogP contribution >= 0.6 is 0 Å². The second-order valence-electron chi connectivity index (χ2n) is 5.90. The summed E-state index contributed by atoms with van der Waals surface area (Å²) in [6.07, 6.45) is 7.36. The molecule has 0 aliphatic heterocycles. The Bertz CT molecular complexity index is 395. The number of nitrogens with zero attached hydrogens (tertiary/aromatic N) is 1. The number of rotatable bonds is 4. The maximum atomic E-state index is 11.1. The molecule has 0 radical (unpaired) electrons. The molecule has 1 heterocycles. The largest absolute Gasteiger partial charge is 0.390 e. The fraction of sp³-hybridized carbons (Fsp3) is 0.688. The van der Waals surface area contributed by atoms with E-state index in [9.17, 15) is 10.2 Å². The number of pyridine rings is 1. The van der Waals surface area contributed by atoms with E-state index in [0.29, 0.717) is 6.42 Å². The van der Waals surface area contributed by atoms with Crippen LogP contribution in [0.5, 0.6) is 0 Å². The molecule has 1 fully saturated rings. The molecule has 1 unspecified atom stereocenters. The van der Waals surface area contributed by atoms with E-state index in [1.165, 1.54) is 0 Å². The monoisotopic (exact) mass is 263 g/mol. The van der Waals surface area contributed by atoms with E-state index in [-0.39, 0.29) is 11.8 Å². The van der Waals surface area contributed by atoms with Crippen molar-refractivity contribution >= 4 is 0 Å². The van der Waals surface area contributed by atoms with Gasteiger partial charge in [0.05, 0.1) is 11.7 Å². The Kier molecular flexibility index (Phi) is 4.58. The van der Waals surface area contributed by atoms with Gasteiger partial charge in [-0.2, -0.15) is 0 Å². The van der Waals surface area contributed by atoms with Crippen molar-refractivity contribution in [1.29, 1.82) is 0 Å². The van der Waals surface area contributed by atoms with Crippen LogP contribution in [0, 0.1) is 11.8 Å².